The highest BCUT2D eigenvalue weighted by atomic mass is 32.1. The minimum absolute atomic E-state index is 0.253. The summed E-state index contributed by atoms with van der Waals surface area (Å²) in [6, 6.07) is 3.49. The van der Waals surface area contributed by atoms with Gasteiger partial charge in [-0.05, 0) is 19.1 Å². The maximum atomic E-state index is 11.9. The number of hydrogen-bond donors (Lipinski definition) is 2. The van der Waals surface area contributed by atoms with E-state index in [4.69, 9.17) is 0 Å². The summed E-state index contributed by atoms with van der Waals surface area (Å²) >= 11 is 1.43. The van der Waals surface area contributed by atoms with Crippen molar-refractivity contribution >= 4 is 28.1 Å². The molecule has 1 amide bonds. The molecule has 0 atom stereocenters. The van der Waals surface area contributed by atoms with Crippen molar-refractivity contribution < 1.29 is 4.79 Å². The van der Waals surface area contributed by atoms with Crippen LogP contribution in [-0.2, 0) is 0 Å². The van der Waals surface area contributed by atoms with Crippen LogP contribution in [0.1, 0.15) is 15.4 Å². The van der Waals surface area contributed by atoms with Crippen LogP contribution in [0.4, 0.5) is 10.8 Å². The zero-order valence-corrected chi connectivity index (χ0v) is 10.3. The van der Waals surface area contributed by atoms with Crippen LogP contribution in [-0.4, -0.2) is 22.9 Å². The Morgan fingerprint density at radius 2 is 2.24 bits per heavy atom. The third-order valence-corrected chi connectivity index (χ3v) is 2.95. The van der Waals surface area contributed by atoms with Gasteiger partial charge in [-0.15, -0.1) is 11.3 Å². The van der Waals surface area contributed by atoms with Gasteiger partial charge in [0.25, 0.3) is 5.91 Å². The van der Waals surface area contributed by atoms with Gasteiger partial charge in [0.05, 0.1) is 0 Å². The van der Waals surface area contributed by atoms with E-state index in [1.165, 1.54) is 11.3 Å². The zero-order valence-electron chi connectivity index (χ0n) is 9.52. The standard InChI is InChI=1S/C11H12N4OS/c1-7-6-14-11(17-7)15-10(16)9-5-8(12-2)3-4-13-9/h3-6H,1-2H3,(H,12,13)(H,14,15,16). The summed E-state index contributed by atoms with van der Waals surface area (Å²) < 4.78 is 0. The number of thiazole rings is 1. The van der Waals surface area contributed by atoms with Crippen molar-refractivity contribution in [2.45, 2.75) is 6.92 Å². The van der Waals surface area contributed by atoms with Crippen molar-refractivity contribution in [1.29, 1.82) is 0 Å². The predicted octanol–water partition coefficient (Wildman–Crippen LogP) is 2.14. The van der Waals surface area contributed by atoms with Gasteiger partial charge in [0.1, 0.15) is 5.69 Å². The summed E-state index contributed by atoms with van der Waals surface area (Å²) in [6.45, 7) is 1.94. The van der Waals surface area contributed by atoms with E-state index in [1.807, 2.05) is 6.92 Å². The molecule has 2 aromatic rings. The van der Waals surface area contributed by atoms with E-state index in [-0.39, 0.29) is 5.91 Å². The van der Waals surface area contributed by atoms with Crippen molar-refractivity contribution in [2.24, 2.45) is 0 Å². The van der Waals surface area contributed by atoms with E-state index in [2.05, 4.69) is 20.6 Å². The monoisotopic (exact) mass is 248 g/mol. The molecule has 2 N–H and O–H groups in total. The summed E-state index contributed by atoms with van der Waals surface area (Å²) in [5.74, 6) is -0.253. The third-order valence-electron chi connectivity index (χ3n) is 2.12. The van der Waals surface area contributed by atoms with Crippen molar-refractivity contribution in [1.82, 2.24) is 9.97 Å². The van der Waals surface area contributed by atoms with Crippen LogP contribution >= 0.6 is 11.3 Å². The second kappa shape index (κ2) is 4.92. The van der Waals surface area contributed by atoms with E-state index in [0.29, 0.717) is 10.8 Å². The van der Waals surface area contributed by atoms with Crippen molar-refractivity contribution in [2.75, 3.05) is 17.7 Å². The third kappa shape index (κ3) is 2.79. The zero-order chi connectivity index (χ0) is 12.3. The lowest BCUT2D eigenvalue weighted by atomic mass is 10.3. The molecule has 0 saturated carbocycles. The van der Waals surface area contributed by atoms with E-state index in [9.17, 15) is 4.79 Å². The Balaban J connectivity index is 2.14. The van der Waals surface area contributed by atoms with Gasteiger partial charge >= 0.3 is 0 Å². The maximum Gasteiger partial charge on any atom is 0.276 e. The second-order valence-corrected chi connectivity index (χ2v) is 4.64. The molecule has 0 bridgehead atoms. The number of aromatic nitrogens is 2. The number of rotatable bonds is 3. The molecule has 17 heavy (non-hydrogen) atoms. The fourth-order valence-electron chi connectivity index (χ4n) is 1.28. The van der Waals surface area contributed by atoms with Gasteiger partial charge in [-0.25, -0.2) is 4.98 Å². The Kier molecular flexibility index (Phi) is 3.34. The summed E-state index contributed by atoms with van der Waals surface area (Å²) in [5.41, 5.74) is 1.21. The summed E-state index contributed by atoms with van der Waals surface area (Å²) in [4.78, 5) is 21.0. The molecular weight excluding hydrogens is 236 g/mol. The van der Waals surface area contributed by atoms with Gasteiger partial charge in [-0.1, -0.05) is 0 Å². The number of amides is 1. The quantitative estimate of drug-likeness (QED) is 0.873. The highest BCUT2D eigenvalue weighted by Gasteiger charge is 2.09. The van der Waals surface area contributed by atoms with Crippen LogP contribution in [0.3, 0.4) is 0 Å². The van der Waals surface area contributed by atoms with Crippen LogP contribution in [0, 0.1) is 6.92 Å². The molecule has 0 aliphatic rings. The average Bonchev–Trinajstić information content (AvgIpc) is 2.75. The molecule has 0 aliphatic heterocycles. The Labute approximate surface area is 103 Å². The smallest absolute Gasteiger partial charge is 0.276 e. The molecule has 0 fully saturated rings. The molecule has 0 spiro atoms. The van der Waals surface area contributed by atoms with Gasteiger partial charge in [-0.3, -0.25) is 15.1 Å². The molecule has 88 valence electrons. The van der Waals surface area contributed by atoms with Crippen LogP contribution in [0.25, 0.3) is 0 Å². The molecule has 6 heteroatoms. The molecule has 2 heterocycles. The highest BCUT2D eigenvalue weighted by molar-refractivity contribution is 7.15. The fraction of sp³-hybridized carbons (Fsp3) is 0.182. The van der Waals surface area contributed by atoms with Gasteiger partial charge in [0.2, 0.25) is 0 Å². The highest BCUT2D eigenvalue weighted by Crippen LogP contribution is 2.17. The first kappa shape index (κ1) is 11.5. The molecule has 5 nitrogen and oxygen atoms in total. The molecule has 2 rings (SSSR count). The van der Waals surface area contributed by atoms with Gasteiger partial charge in [-0.2, -0.15) is 0 Å². The molecule has 0 aliphatic carbocycles. The van der Waals surface area contributed by atoms with Crippen LogP contribution < -0.4 is 10.6 Å². The predicted molar refractivity (Wildman–Crippen MR) is 68.6 cm³/mol. The number of hydrogen-bond acceptors (Lipinski definition) is 5. The maximum absolute atomic E-state index is 11.9. The first-order chi connectivity index (χ1) is 8.19. The second-order valence-electron chi connectivity index (χ2n) is 3.41. The Morgan fingerprint density at radius 1 is 1.41 bits per heavy atom. The number of pyridine rings is 1. The minimum Gasteiger partial charge on any atom is -0.388 e. The lowest BCUT2D eigenvalue weighted by Crippen LogP contribution is -2.13. The normalized spacial score (nSPS) is 10.0. The van der Waals surface area contributed by atoms with Crippen LogP contribution in [0.2, 0.25) is 0 Å². The minimum atomic E-state index is -0.253. The Bertz CT molecular complexity index is 538. The summed E-state index contributed by atoms with van der Waals surface area (Å²) in [5, 5.41) is 6.25. The molecule has 0 unspecified atom stereocenters. The number of nitrogens with zero attached hydrogens (tertiary/aromatic N) is 2. The summed E-state index contributed by atoms with van der Waals surface area (Å²) in [6.07, 6.45) is 3.31. The number of nitrogens with one attached hydrogen (secondary N) is 2. The van der Waals surface area contributed by atoms with Crippen molar-refractivity contribution in [3.63, 3.8) is 0 Å². The van der Waals surface area contributed by atoms with Crippen LogP contribution in [0.5, 0.6) is 0 Å². The topological polar surface area (TPSA) is 66.9 Å². The lowest BCUT2D eigenvalue weighted by Gasteiger charge is -2.03. The lowest BCUT2D eigenvalue weighted by molar-refractivity contribution is 0.102. The Morgan fingerprint density at radius 3 is 2.88 bits per heavy atom. The fourth-order valence-corrected chi connectivity index (χ4v) is 1.94. The molecule has 0 radical (unpaired) electrons. The number of carbonyl (C=O) groups excluding carboxylic acids is 1. The number of carbonyl (C=O) groups is 1. The summed E-state index contributed by atoms with van der Waals surface area (Å²) in [7, 11) is 1.79. The SMILES string of the molecule is CNc1ccnc(C(=O)Nc2ncc(C)s2)c1. The van der Waals surface area contributed by atoms with Gasteiger partial charge < -0.3 is 5.32 Å². The van der Waals surface area contributed by atoms with E-state index >= 15 is 0 Å². The van der Waals surface area contributed by atoms with E-state index in [0.717, 1.165) is 10.6 Å². The van der Waals surface area contributed by atoms with E-state index in [1.54, 1.807) is 31.6 Å². The molecular formula is C11H12N4OS. The number of aryl methyl sites for hydroxylation is 1. The Hall–Kier alpha value is -1.95. The molecule has 0 aromatic carbocycles. The van der Waals surface area contributed by atoms with Crippen molar-refractivity contribution in [3.05, 3.63) is 35.1 Å². The molecule has 2 aromatic heterocycles. The average molecular weight is 248 g/mol. The van der Waals surface area contributed by atoms with Gasteiger partial charge in [0.15, 0.2) is 5.13 Å². The first-order valence-corrected chi connectivity index (χ1v) is 5.88. The van der Waals surface area contributed by atoms with E-state index < -0.39 is 0 Å². The number of anilines is 2. The largest absolute Gasteiger partial charge is 0.388 e. The van der Waals surface area contributed by atoms with Gasteiger partial charge in [0, 0.05) is 30.0 Å². The molecule has 0 saturated heterocycles. The van der Waals surface area contributed by atoms with Crippen molar-refractivity contribution in [3.8, 4) is 0 Å². The van der Waals surface area contributed by atoms with Crippen LogP contribution in [0.15, 0.2) is 24.5 Å². The first-order valence-electron chi connectivity index (χ1n) is 5.06.